The predicted octanol–water partition coefficient (Wildman–Crippen LogP) is 2.20. The van der Waals surface area contributed by atoms with Crippen molar-refractivity contribution >= 4 is 17.8 Å². The highest BCUT2D eigenvalue weighted by Gasteiger charge is 2.26. The molecule has 0 saturated carbocycles. The molecule has 1 aliphatic heterocycles. The number of amides is 2. The van der Waals surface area contributed by atoms with Gasteiger partial charge in [-0.15, -0.1) is 0 Å². The van der Waals surface area contributed by atoms with E-state index in [1.165, 1.54) is 0 Å². The highest BCUT2D eigenvalue weighted by atomic mass is 16.5. The van der Waals surface area contributed by atoms with Crippen molar-refractivity contribution in [1.29, 1.82) is 5.26 Å². The Balaban J connectivity index is 1.38. The summed E-state index contributed by atoms with van der Waals surface area (Å²) in [4.78, 5) is 35.0. The summed E-state index contributed by atoms with van der Waals surface area (Å²) in [6, 6.07) is 18.1. The maximum absolute atomic E-state index is 12.5. The van der Waals surface area contributed by atoms with E-state index in [0.29, 0.717) is 35.9 Å². The summed E-state index contributed by atoms with van der Waals surface area (Å²) in [5.74, 6) is 0.0742. The fourth-order valence-corrected chi connectivity index (χ4v) is 3.84. The van der Waals surface area contributed by atoms with Crippen molar-refractivity contribution in [2.24, 2.45) is 0 Å². The lowest BCUT2D eigenvalue weighted by Gasteiger charge is -2.32. The van der Waals surface area contributed by atoms with Crippen molar-refractivity contribution in [1.82, 2.24) is 25.5 Å². The van der Waals surface area contributed by atoms with Crippen LogP contribution >= 0.6 is 0 Å². The SMILES string of the molecule is CN(C)C(=O)c1ccccc1C1CNC(Nc2nccc(-c3ccc(C(=O)NCC#N)cc3)n2)CO1. The van der Waals surface area contributed by atoms with Gasteiger partial charge in [-0.25, -0.2) is 9.97 Å². The minimum Gasteiger partial charge on any atom is -0.369 e. The van der Waals surface area contributed by atoms with Crippen LogP contribution < -0.4 is 16.0 Å². The van der Waals surface area contributed by atoms with E-state index in [9.17, 15) is 9.59 Å². The molecule has 1 aromatic heterocycles. The number of nitriles is 1. The quantitative estimate of drug-likeness (QED) is 0.434. The molecule has 184 valence electrons. The maximum atomic E-state index is 12.5. The molecule has 36 heavy (non-hydrogen) atoms. The van der Waals surface area contributed by atoms with Crippen molar-refractivity contribution in [2.45, 2.75) is 12.3 Å². The molecule has 2 amide bonds. The van der Waals surface area contributed by atoms with Crippen LogP contribution in [-0.4, -0.2) is 66.6 Å². The molecular weight excluding hydrogens is 458 g/mol. The van der Waals surface area contributed by atoms with Crippen LogP contribution in [0.25, 0.3) is 11.3 Å². The third-order valence-corrected chi connectivity index (χ3v) is 5.69. The Morgan fingerprint density at radius 2 is 1.94 bits per heavy atom. The molecule has 1 fully saturated rings. The van der Waals surface area contributed by atoms with Crippen LogP contribution in [0.3, 0.4) is 0 Å². The van der Waals surface area contributed by atoms with Crippen molar-refractivity contribution in [3.05, 3.63) is 77.5 Å². The van der Waals surface area contributed by atoms with Crippen LogP contribution in [0.15, 0.2) is 60.8 Å². The van der Waals surface area contributed by atoms with Gasteiger partial charge in [-0.05, 0) is 29.8 Å². The van der Waals surface area contributed by atoms with Crippen LogP contribution in [0, 0.1) is 11.3 Å². The van der Waals surface area contributed by atoms with E-state index in [2.05, 4.69) is 25.9 Å². The fourth-order valence-electron chi connectivity index (χ4n) is 3.84. The van der Waals surface area contributed by atoms with Gasteiger partial charge in [0, 0.05) is 43.5 Å². The summed E-state index contributed by atoms with van der Waals surface area (Å²) in [6.45, 7) is 0.835. The zero-order valence-electron chi connectivity index (χ0n) is 20.1. The number of nitrogens with zero attached hydrogens (tertiary/aromatic N) is 4. The van der Waals surface area contributed by atoms with E-state index < -0.39 is 0 Å². The summed E-state index contributed by atoms with van der Waals surface area (Å²) in [5.41, 5.74) is 3.47. The van der Waals surface area contributed by atoms with Gasteiger partial charge in [0.15, 0.2) is 0 Å². The molecule has 10 heteroatoms. The first-order valence-electron chi connectivity index (χ1n) is 11.5. The highest BCUT2D eigenvalue weighted by Crippen LogP contribution is 2.25. The molecule has 1 aliphatic rings. The zero-order valence-corrected chi connectivity index (χ0v) is 20.1. The normalized spacial score (nSPS) is 17.0. The van der Waals surface area contributed by atoms with E-state index >= 15 is 0 Å². The number of benzene rings is 2. The van der Waals surface area contributed by atoms with Gasteiger partial charge in [0.1, 0.15) is 12.7 Å². The molecule has 3 N–H and O–H groups in total. The molecule has 1 saturated heterocycles. The van der Waals surface area contributed by atoms with Crippen LogP contribution in [0.2, 0.25) is 0 Å². The third-order valence-electron chi connectivity index (χ3n) is 5.69. The van der Waals surface area contributed by atoms with Crippen molar-refractivity contribution < 1.29 is 14.3 Å². The number of ether oxygens (including phenoxy) is 1. The molecule has 4 rings (SSSR count). The minimum absolute atomic E-state index is 0.0398. The molecule has 2 unspecified atom stereocenters. The second kappa shape index (κ2) is 11.4. The Morgan fingerprint density at radius 1 is 1.17 bits per heavy atom. The Kier molecular flexibility index (Phi) is 7.85. The molecule has 0 spiro atoms. The van der Waals surface area contributed by atoms with Crippen LogP contribution in [0.1, 0.15) is 32.4 Å². The second-order valence-electron chi connectivity index (χ2n) is 8.40. The first-order valence-corrected chi connectivity index (χ1v) is 11.5. The number of carbonyl (C=O) groups is 2. The minimum atomic E-state index is -0.302. The molecule has 0 radical (unpaired) electrons. The Labute approximate surface area is 209 Å². The average Bonchev–Trinajstić information content (AvgIpc) is 2.92. The standard InChI is InChI=1S/C26H27N7O3/c1-33(2)25(35)20-6-4-3-5-19(20)22-15-30-23(16-36-22)32-26-29-13-11-21(31-26)17-7-9-18(10-8-17)24(34)28-14-12-27/h3-11,13,22-23,30H,14-16H2,1-2H3,(H,28,34)(H,29,31,32). The molecule has 2 aromatic carbocycles. The van der Waals surface area contributed by atoms with Gasteiger partial charge in [0.05, 0.1) is 24.5 Å². The van der Waals surface area contributed by atoms with Crippen molar-refractivity contribution in [2.75, 3.05) is 39.1 Å². The highest BCUT2D eigenvalue weighted by molar-refractivity contribution is 5.95. The number of hydrogen-bond acceptors (Lipinski definition) is 8. The lowest BCUT2D eigenvalue weighted by molar-refractivity contribution is 0.00809. The second-order valence-corrected chi connectivity index (χ2v) is 8.40. The summed E-state index contributed by atoms with van der Waals surface area (Å²) >= 11 is 0. The summed E-state index contributed by atoms with van der Waals surface area (Å²) in [6.07, 6.45) is 1.20. The average molecular weight is 486 g/mol. The number of aromatic nitrogens is 2. The van der Waals surface area contributed by atoms with Crippen LogP contribution in [0.4, 0.5) is 5.95 Å². The molecule has 2 atom stereocenters. The lowest BCUT2D eigenvalue weighted by Crippen LogP contribution is -2.48. The van der Waals surface area contributed by atoms with E-state index in [1.807, 2.05) is 30.3 Å². The van der Waals surface area contributed by atoms with Gasteiger partial charge < -0.3 is 20.3 Å². The van der Waals surface area contributed by atoms with Gasteiger partial charge in [-0.2, -0.15) is 5.26 Å². The summed E-state index contributed by atoms with van der Waals surface area (Å²) in [5, 5.41) is 17.8. The maximum Gasteiger partial charge on any atom is 0.253 e. The number of anilines is 1. The van der Waals surface area contributed by atoms with E-state index in [0.717, 1.165) is 11.1 Å². The molecule has 10 nitrogen and oxygen atoms in total. The summed E-state index contributed by atoms with van der Waals surface area (Å²) in [7, 11) is 3.46. The molecule has 0 aliphatic carbocycles. The zero-order chi connectivity index (χ0) is 25.5. The van der Waals surface area contributed by atoms with Gasteiger partial charge in [-0.1, -0.05) is 30.3 Å². The van der Waals surface area contributed by atoms with E-state index in [-0.39, 0.29) is 30.6 Å². The predicted molar refractivity (Wildman–Crippen MR) is 134 cm³/mol. The first-order chi connectivity index (χ1) is 17.5. The van der Waals surface area contributed by atoms with Gasteiger partial charge in [0.25, 0.3) is 11.8 Å². The molecule has 0 bridgehead atoms. The van der Waals surface area contributed by atoms with E-state index in [1.54, 1.807) is 55.5 Å². The lowest BCUT2D eigenvalue weighted by atomic mass is 10.0. The van der Waals surface area contributed by atoms with Crippen LogP contribution in [0.5, 0.6) is 0 Å². The van der Waals surface area contributed by atoms with E-state index in [4.69, 9.17) is 10.00 Å². The van der Waals surface area contributed by atoms with Gasteiger partial charge in [-0.3, -0.25) is 14.9 Å². The van der Waals surface area contributed by atoms with Gasteiger partial charge in [0.2, 0.25) is 5.95 Å². The topological polar surface area (TPSA) is 132 Å². The molecular formula is C26H27N7O3. The fraction of sp³-hybridized carbons (Fsp3) is 0.269. The van der Waals surface area contributed by atoms with Crippen LogP contribution in [-0.2, 0) is 4.74 Å². The number of carbonyl (C=O) groups excluding carboxylic acids is 2. The Bertz CT molecular complexity index is 1260. The number of morpholine rings is 1. The number of rotatable bonds is 7. The van der Waals surface area contributed by atoms with Crippen molar-refractivity contribution in [3.8, 4) is 17.3 Å². The molecule has 3 aromatic rings. The Morgan fingerprint density at radius 3 is 2.64 bits per heavy atom. The Hall–Kier alpha value is -4.33. The smallest absolute Gasteiger partial charge is 0.253 e. The van der Waals surface area contributed by atoms with Crippen molar-refractivity contribution in [3.63, 3.8) is 0 Å². The van der Waals surface area contributed by atoms with Gasteiger partial charge >= 0.3 is 0 Å². The number of nitrogens with one attached hydrogen (secondary N) is 3. The largest absolute Gasteiger partial charge is 0.369 e. The third kappa shape index (κ3) is 5.83. The number of hydrogen-bond donors (Lipinski definition) is 3. The first kappa shape index (κ1) is 24.8. The molecule has 2 heterocycles. The summed E-state index contributed by atoms with van der Waals surface area (Å²) < 4.78 is 6.09. The monoisotopic (exact) mass is 485 g/mol.